The molecule has 0 amide bonds. The average Bonchev–Trinajstić information content (AvgIpc) is 2.90. The molecule has 0 atom stereocenters. The van der Waals surface area contributed by atoms with Crippen LogP contribution in [0, 0.1) is 0 Å². The SMILES string of the molecule is N/C(=N/O)c1ccccc1Cn1cnc2c1CCCC2. The van der Waals surface area contributed by atoms with Gasteiger partial charge >= 0.3 is 0 Å². The fraction of sp³-hybridized carbons (Fsp3) is 0.333. The van der Waals surface area contributed by atoms with Gasteiger partial charge in [-0.1, -0.05) is 29.4 Å². The van der Waals surface area contributed by atoms with E-state index in [-0.39, 0.29) is 5.84 Å². The van der Waals surface area contributed by atoms with Crippen LogP contribution >= 0.6 is 0 Å². The predicted molar refractivity (Wildman–Crippen MR) is 76.9 cm³/mol. The Morgan fingerprint density at radius 2 is 2.10 bits per heavy atom. The number of rotatable bonds is 3. The second kappa shape index (κ2) is 5.36. The maximum atomic E-state index is 8.87. The molecule has 5 nitrogen and oxygen atoms in total. The molecule has 0 saturated heterocycles. The van der Waals surface area contributed by atoms with Crippen molar-refractivity contribution in [2.75, 3.05) is 0 Å². The predicted octanol–water partition coefficient (Wildman–Crippen LogP) is 1.90. The minimum atomic E-state index is 0.148. The smallest absolute Gasteiger partial charge is 0.170 e. The van der Waals surface area contributed by atoms with Gasteiger partial charge in [-0.2, -0.15) is 0 Å². The van der Waals surface area contributed by atoms with E-state index < -0.39 is 0 Å². The van der Waals surface area contributed by atoms with E-state index in [1.165, 1.54) is 24.2 Å². The molecule has 1 heterocycles. The van der Waals surface area contributed by atoms with Gasteiger partial charge in [-0.25, -0.2) is 4.98 Å². The molecule has 1 aliphatic rings. The van der Waals surface area contributed by atoms with Gasteiger partial charge in [0.25, 0.3) is 0 Å². The molecule has 1 aliphatic carbocycles. The Hall–Kier alpha value is -2.30. The number of hydrogen-bond donors (Lipinski definition) is 2. The number of aryl methyl sites for hydroxylation is 1. The van der Waals surface area contributed by atoms with E-state index >= 15 is 0 Å². The quantitative estimate of drug-likeness (QED) is 0.387. The molecule has 1 aromatic heterocycles. The van der Waals surface area contributed by atoms with E-state index in [0.717, 1.165) is 24.0 Å². The summed E-state index contributed by atoms with van der Waals surface area (Å²) in [6.07, 6.45) is 6.51. The number of fused-ring (bicyclic) bond motifs is 1. The second-order valence-electron chi connectivity index (χ2n) is 5.12. The third kappa shape index (κ3) is 2.27. The van der Waals surface area contributed by atoms with E-state index in [0.29, 0.717) is 6.54 Å². The van der Waals surface area contributed by atoms with Crippen molar-refractivity contribution in [2.45, 2.75) is 32.2 Å². The van der Waals surface area contributed by atoms with Gasteiger partial charge in [0.2, 0.25) is 0 Å². The summed E-state index contributed by atoms with van der Waals surface area (Å²) >= 11 is 0. The molecular formula is C15H18N4O. The van der Waals surface area contributed by atoms with Crippen molar-refractivity contribution in [1.82, 2.24) is 9.55 Å². The van der Waals surface area contributed by atoms with E-state index in [1.54, 1.807) is 0 Å². The minimum Gasteiger partial charge on any atom is -0.409 e. The number of benzene rings is 1. The van der Waals surface area contributed by atoms with Crippen molar-refractivity contribution in [3.63, 3.8) is 0 Å². The fourth-order valence-corrected chi connectivity index (χ4v) is 2.81. The van der Waals surface area contributed by atoms with E-state index in [2.05, 4.69) is 14.7 Å². The Morgan fingerprint density at radius 1 is 1.30 bits per heavy atom. The van der Waals surface area contributed by atoms with Crippen LogP contribution < -0.4 is 5.73 Å². The number of oxime groups is 1. The minimum absolute atomic E-state index is 0.148. The lowest BCUT2D eigenvalue weighted by molar-refractivity contribution is 0.318. The van der Waals surface area contributed by atoms with E-state index in [4.69, 9.17) is 10.9 Å². The van der Waals surface area contributed by atoms with E-state index in [9.17, 15) is 0 Å². The molecule has 0 unspecified atom stereocenters. The zero-order valence-corrected chi connectivity index (χ0v) is 11.3. The van der Waals surface area contributed by atoms with Gasteiger partial charge in [-0.15, -0.1) is 0 Å². The number of nitrogens with zero attached hydrogens (tertiary/aromatic N) is 3. The van der Waals surface area contributed by atoms with Gasteiger partial charge in [0.05, 0.1) is 12.0 Å². The van der Waals surface area contributed by atoms with E-state index in [1.807, 2.05) is 30.6 Å². The molecule has 104 valence electrons. The standard InChI is InChI=1S/C15H18N4O/c16-15(18-20)12-6-2-1-5-11(12)9-19-10-17-13-7-3-4-8-14(13)19/h1-2,5-6,10,20H,3-4,7-9H2,(H2,16,18). The van der Waals surface area contributed by atoms with Gasteiger partial charge in [0.15, 0.2) is 5.84 Å². The summed E-state index contributed by atoms with van der Waals surface area (Å²) < 4.78 is 2.18. The summed E-state index contributed by atoms with van der Waals surface area (Å²) in [7, 11) is 0. The van der Waals surface area contributed by atoms with Crippen molar-refractivity contribution in [1.29, 1.82) is 0 Å². The highest BCUT2D eigenvalue weighted by Crippen LogP contribution is 2.21. The molecule has 3 rings (SSSR count). The first-order chi connectivity index (χ1) is 9.79. The van der Waals surface area contributed by atoms with Crippen LogP contribution in [0.3, 0.4) is 0 Å². The van der Waals surface area contributed by atoms with Crippen LogP contribution in [0.25, 0.3) is 0 Å². The molecule has 0 saturated carbocycles. The Labute approximate surface area is 117 Å². The largest absolute Gasteiger partial charge is 0.409 e. The molecular weight excluding hydrogens is 252 g/mol. The maximum absolute atomic E-state index is 8.87. The lowest BCUT2D eigenvalue weighted by Crippen LogP contribution is -2.17. The molecule has 0 spiro atoms. The fourth-order valence-electron chi connectivity index (χ4n) is 2.81. The van der Waals surface area contributed by atoms with Gasteiger partial charge in [-0.05, 0) is 31.2 Å². The van der Waals surface area contributed by atoms with Crippen LogP contribution in [-0.4, -0.2) is 20.6 Å². The van der Waals surface area contributed by atoms with Gasteiger partial charge in [0.1, 0.15) is 0 Å². The molecule has 0 bridgehead atoms. The number of nitrogens with two attached hydrogens (primary N) is 1. The first-order valence-electron chi connectivity index (χ1n) is 6.88. The lowest BCUT2D eigenvalue weighted by Gasteiger charge is -2.15. The Morgan fingerprint density at radius 3 is 2.95 bits per heavy atom. The first kappa shape index (κ1) is 12.7. The number of imidazole rings is 1. The van der Waals surface area contributed by atoms with Crippen LogP contribution in [0.2, 0.25) is 0 Å². The molecule has 0 radical (unpaired) electrons. The summed E-state index contributed by atoms with van der Waals surface area (Å²) in [6, 6.07) is 7.73. The van der Waals surface area contributed by atoms with Crippen molar-refractivity contribution in [3.05, 3.63) is 53.1 Å². The number of aromatic nitrogens is 2. The van der Waals surface area contributed by atoms with Crippen LogP contribution in [0.4, 0.5) is 0 Å². The van der Waals surface area contributed by atoms with Crippen molar-refractivity contribution < 1.29 is 5.21 Å². The Balaban J connectivity index is 1.94. The first-order valence-corrected chi connectivity index (χ1v) is 6.88. The monoisotopic (exact) mass is 270 g/mol. The molecule has 5 heteroatoms. The summed E-state index contributed by atoms with van der Waals surface area (Å²) in [5.74, 6) is 0.148. The molecule has 3 N–H and O–H groups in total. The summed E-state index contributed by atoms with van der Waals surface area (Å²) in [6.45, 7) is 0.703. The van der Waals surface area contributed by atoms with Gasteiger partial charge in [0, 0.05) is 17.8 Å². The highest BCUT2D eigenvalue weighted by Gasteiger charge is 2.16. The molecule has 20 heavy (non-hydrogen) atoms. The van der Waals surface area contributed by atoms with Crippen molar-refractivity contribution in [2.24, 2.45) is 10.9 Å². The number of amidine groups is 1. The van der Waals surface area contributed by atoms with Gasteiger partial charge < -0.3 is 15.5 Å². The van der Waals surface area contributed by atoms with Crippen LogP contribution in [0.5, 0.6) is 0 Å². The topological polar surface area (TPSA) is 76.4 Å². The van der Waals surface area contributed by atoms with Crippen LogP contribution in [0.15, 0.2) is 35.7 Å². The Kier molecular flexibility index (Phi) is 3.41. The third-order valence-electron chi connectivity index (χ3n) is 3.85. The molecule has 2 aromatic rings. The average molecular weight is 270 g/mol. The summed E-state index contributed by atoms with van der Waals surface area (Å²) in [4.78, 5) is 4.50. The van der Waals surface area contributed by atoms with Crippen LogP contribution in [0.1, 0.15) is 35.4 Å². The molecule has 0 fully saturated rings. The zero-order chi connectivity index (χ0) is 13.9. The summed E-state index contributed by atoms with van der Waals surface area (Å²) in [5, 5.41) is 12.0. The van der Waals surface area contributed by atoms with Crippen molar-refractivity contribution in [3.8, 4) is 0 Å². The summed E-state index contributed by atoms with van der Waals surface area (Å²) in [5.41, 5.74) is 10.1. The van der Waals surface area contributed by atoms with Crippen molar-refractivity contribution >= 4 is 5.84 Å². The van der Waals surface area contributed by atoms with Gasteiger partial charge in [-0.3, -0.25) is 0 Å². The zero-order valence-electron chi connectivity index (χ0n) is 11.3. The lowest BCUT2D eigenvalue weighted by atomic mass is 10.0. The Bertz CT molecular complexity index is 645. The third-order valence-corrected chi connectivity index (χ3v) is 3.85. The molecule has 0 aliphatic heterocycles. The highest BCUT2D eigenvalue weighted by molar-refractivity contribution is 5.98. The molecule has 1 aromatic carbocycles. The normalized spacial score (nSPS) is 15.1. The maximum Gasteiger partial charge on any atom is 0.170 e. The number of hydrogen-bond acceptors (Lipinski definition) is 3. The van der Waals surface area contributed by atoms with Crippen LogP contribution in [-0.2, 0) is 19.4 Å². The highest BCUT2D eigenvalue weighted by atomic mass is 16.4. The second-order valence-corrected chi connectivity index (χ2v) is 5.12.